The third kappa shape index (κ3) is 3.36. The second-order valence-electron chi connectivity index (χ2n) is 4.31. The Balaban J connectivity index is 2.25. The molecule has 0 saturated carbocycles. The third-order valence-corrected chi connectivity index (χ3v) is 3.94. The lowest BCUT2D eigenvalue weighted by Crippen LogP contribution is -1.88. The normalized spacial score (nSPS) is 10.4. The van der Waals surface area contributed by atoms with Gasteiger partial charge in [-0.25, -0.2) is 0 Å². The number of rotatable bonds is 3. The van der Waals surface area contributed by atoms with E-state index < -0.39 is 0 Å². The molecule has 0 aromatic heterocycles. The van der Waals surface area contributed by atoms with Crippen molar-refractivity contribution >= 4 is 31.9 Å². The summed E-state index contributed by atoms with van der Waals surface area (Å²) in [5.74, 6) is 1.72. The van der Waals surface area contributed by atoms with Crippen LogP contribution in [0.1, 0.15) is 16.7 Å². The summed E-state index contributed by atoms with van der Waals surface area (Å²) in [6.45, 7) is 4.15. The lowest BCUT2D eigenvalue weighted by molar-refractivity contribution is 0.481. The first-order chi connectivity index (χ1) is 8.58. The maximum atomic E-state index is 5.88. The highest BCUT2D eigenvalue weighted by Crippen LogP contribution is 2.29. The van der Waals surface area contributed by atoms with E-state index in [9.17, 15) is 0 Å². The first-order valence-corrected chi connectivity index (χ1v) is 7.60. The van der Waals surface area contributed by atoms with Crippen molar-refractivity contribution in [3.8, 4) is 11.5 Å². The van der Waals surface area contributed by atoms with Crippen LogP contribution in [0.15, 0.2) is 40.9 Å². The van der Waals surface area contributed by atoms with Crippen LogP contribution in [0.5, 0.6) is 11.5 Å². The van der Waals surface area contributed by atoms with Gasteiger partial charge in [0.15, 0.2) is 0 Å². The molecular weight excluding hydrogens is 356 g/mol. The van der Waals surface area contributed by atoms with Gasteiger partial charge in [0.05, 0.1) is 0 Å². The lowest BCUT2D eigenvalue weighted by Gasteiger charge is -2.09. The number of aryl methyl sites for hydroxylation is 2. The van der Waals surface area contributed by atoms with Gasteiger partial charge in [0, 0.05) is 9.80 Å². The maximum absolute atomic E-state index is 5.88. The van der Waals surface area contributed by atoms with Crippen molar-refractivity contribution in [2.75, 3.05) is 0 Å². The minimum atomic E-state index is 0.831. The predicted octanol–water partition coefficient (Wildman–Crippen LogP) is 5.75. The molecule has 0 spiro atoms. The van der Waals surface area contributed by atoms with E-state index >= 15 is 0 Å². The average molecular weight is 370 g/mol. The molecule has 0 bridgehead atoms. The molecule has 0 amide bonds. The van der Waals surface area contributed by atoms with Crippen molar-refractivity contribution in [1.29, 1.82) is 0 Å². The van der Waals surface area contributed by atoms with Gasteiger partial charge in [-0.3, -0.25) is 0 Å². The van der Waals surface area contributed by atoms with Crippen LogP contribution in [0.25, 0.3) is 0 Å². The third-order valence-electron chi connectivity index (χ3n) is 2.60. The Morgan fingerprint density at radius 1 is 0.944 bits per heavy atom. The highest BCUT2D eigenvalue weighted by Gasteiger charge is 2.03. The summed E-state index contributed by atoms with van der Waals surface area (Å²) in [5, 5.41) is 0.831. The Bertz CT molecular complexity index is 544. The largest absolute Gasteiger partial charge is 0.457 e. The van der Waals surface area contributed by atoms with Crippen LogP contribution in [-0.4, -0.2) is 0 Å². The zero-order valence-electron chi connectivity index (χ0n) is 10.3. The van der Waals surface area contributed by atoms with Crippen molar-refractivity contribution < 1.29 is 4.74 Å². The van der Waals surface area contributed by atoms with Crippen molar-refractivity contribution in [1.82, 2.24) is 0 Å². The molecule has 2 rings (SSSR count). The summed E-state index contributed by atoms with van der Waals surface area (Å²) in [5.41, 5.74) is 3.63. The molecule has 0 heterocycles. The Kier molecular flexibility index (Phi) is 4.46. The van der Waals surface area contributed by atoms with E-state index in [0.29, 0.717) is 0 Å². The quantitative estimate of drug-likeness (QED) is 0.625. The standard InChI is InChI=1S/C15H14Br2O/c1-10-5-11(2)7-14(6-10)18-13-4-3-12(9-16)15(17)8-13/h3-8H,9H2,1-2H3. The van der Waals surface area contributed by atoms with Gasteiger partial charge < -0.3 is 4.74 Å². The molecule has 0 unspecified atom stereocenters. The summed E-state index contributed by atoms with van der Waals surface area (Å²) < 4.78 is 6.93. The molecule has 2 aromatic rings. The lowest BCUT2D eigenvalue weighted by atomic mass is 10.1. The average Bonchev–Trinajstić information content (AvgIpc) is 2.27. The number of hydrogen-bond donors (Lipinski definition) is 0. The fraction of sp³-hybridized carbons (Fsp3) is 0.200. The minimum Gasteiger partial charge on any atom is -0.457 e. The van der Waals surface area contributed by atoms with Gasteiger partial charge in [0.1, 0.15) is 11.5 Å². The molecule has 0 aliphatic carbocycles. The monoisotopic (exact) mass is 368 g/mol. The highest BCUT2D eigenvalue weighted by molar-refractivity contribution is 9.10. The molecule has 0 atom stereocenters. The molecule has 0 aliphatic rings. The summed E-state index contributed by atoms with van der Waals surface area (Å²) in [6, 6.07) is 12.2. The van der Waals surface area contributed by atoms with Crippen LogP contribution in [0.3, 0.4) is 0 Å². The topological polar surface area (TPSA) is 9.23 Å². The fourth-order valence-electron chi connectivity index (χ4n) is 1.83. The Hall–Kier alpha value is -0.800. The van der Waals surface area contributed by atoms with E-state index in [-0.39, 0.29) is 0 Å². The predicted molar refractivity (Wildman–Crippen MR) is 82.8 cm³/mol. The van der Waals surface area contributed by atoms with Crippen molar-refractivity contribution in [3.63, 3.8) is 0 Å². The van der Waals surface area contributed by atoms with Gasteiger partial charge in [-0.2, -0.15) is 0 Å². The number of halogens is 2. The molecule has 94 valence electrons. The van der Waals surface area contributed by atoms with E-state index in [1.807, 2.05) is 24.3 Å². The smallest absolute Gasteiger partial charge is 0.128 e. The van der Waals surface area contributed by atoms with Gasteiger partial charge in [-0.05, 0) is 54.8 Å². The van der Waals surface area contributed by atoms with E-state index in [2.05, 4.69) is 57.8 Å². The van der Waals surface area contributed by atoms with Crippen LogP contribution < -0.4 is 4.74 Å². The molecule has 2 aromatic carbocycles. The van der Waals surface area contributed by atoms with E-state index in [1.165, 1.54) is 16.7 Å². The van der Waals surface area contributed by atoms with Crippen molar-refractivity contribution in [3.05, 3.63) is 57.6 Å². The molecule has 0 radical (unpaired) electrons. The van der Waals surface area contributed by atoms with Gasteiger partial charge in [0.25, 0.3) is 0 Å². The maximum Gasteiger partial charge on any atom is 0.128 e. The molecular formula is C15H14Br2O. The number of ether oxygens (including phenoxy) is 1. The summed E-state index contributed by atoms with van der Waals surface area (Å²) >= 11 is 6.99. The van der Waals surface area contributed by atoms with E-state index in [0.717, 1.165) is 21.3 Å². The van der Waals surface area contributed by atoms with Crippen LogP contribution in [-0.2, 0) is 5.33 Å². The molecule has 1 nitrogen and oxygen atoms in total. The van der Waals surface area contributed by atoms with Crippen LogP contribution in [0.2, 0.25) is 0 Å². The first kappa shape index (κ1) is 13.6. The summed E-state index contributed by atoms with van der Waals surface area (Å²) in [4.78, 5) is 0. The Labute approximate surface area is 124 Å². The van der Waals surface area contributed by atoms with Gasteiger partial charge >= 0.3 is 0 Å². The molecule has 3 heteroatoms. The zero-order valence-corrected chi connectivity index (χ0v) is 13.5. The Morgan fingerprint density at radius 2 is 1.61 bits per heavy atom. The minimum absolute atomic E-state index is 0.831. The number of alkyl halides is 1. The summed E-state index contributed by atoms with van der Waals surface area (Å²) in [6.07, 6.45) is 0. The van der Waals surface area contributed by atoms with Gasteiger partial charge in [0.2, 0.25) is 0 Å². The van der Waals surface area contributed by atoms with Crippen LogP contribution >= 0.6 is 31.9 Å². The first-order valence-electron chi connectivity index (χ1n) is 5.69. The molecule has 0 aliphatic heterocycles. The van der Waals surface area contributed by atoms with Gasteiger partial charge in [-0.15, -0.1) is 0 Å². The van der Waals surface area contributed by atoms with Crippen molar-refractivity contribution in [2.24, 2.45) is 0 Å². The van der Waals surface area contributed by atoms with Crippen LogP contribution in [0.4, 0.5) is 0 Å². The summed E-state index contributed by atoms with van der Waals surface area (Å²) in [7, 11) is 0. The second kappa shape index (κ2) is 5.89. The van der Waals surface area contributed by atoms with E-state index in [1.54, 1.807) is 0 Å². The van der Waals surface area contributed by atoms with Crippen LogP contribution in [0, 0.1) is 13.8 Å². The number of hydrogen-bond acceptors (Lipinski definition) is 1. The second-order valence-corrected chi connectivity index (χ2v) is 5.73. The molecule has 0 fully saturated rings. The fourth-order valence-corrected chi connectivity index (χ4v) is 3.19. The molecule has 0 N–H and O–H groups in total. The van der Waals surface area contributed by atoms with E-state index in [4.69, 9.17) is 4.74 Å². The SMILES string of the molecule is Cc1cc(C)cc(Oc2ccc(CBr)c(Br)c2)c1. The molecule has 18 heavy (non-hydrogen) atoms. The molecule has 0 saturated heterocycles. The number of benzene rings is 2. The van der Waals surface area contributed by atoms with Crippen molar-refractivity contribution in [2.45, 2.75) is 19.2 Å². The Morgan fingerprint density at radius 3 is 2.17 bits per heavy atom. The zero-order chi connectivity index (χ0) is 13.1. The van der Waals surface area contributed by atoms with Gasteiger partial charge in [-0.1, -0.05) is 44.0 Å². The highest BCUT2D eigenvalue weighted by atomic mass is 79.9.